The summed E-state index contributed by atoms with van der Waals surface area (Å²) in [7, 11) is 0. The maximum atomic E-state index is 12.5. The summed E-state index contributed by atoms with van der Waals surface area (Å²) in [5.41, 5.74) is 5.37. The van der Waals surface area contributed by atoms with Crippen molar-refractivity contribution in [2.45, 2.75) is 46.2 Å². The zero-order valence-electron chi connectivity index (χ0n) is 15.3. The molecule has 0 aliphatic carbocycles. The molecule has 0 fully saturated rings. The number of hydrogen-bond acceptors (Lipinski definition) is 1. The van der Waals surface area contributed by atoms with Crippen LogP contribution in [0.4, 0.5) is 13.2 Å². The van der Waals surface area contributed by atoms with E-state index in [1.54, 1.807) is 12.1 Å². The summed E-state index contributed by atoms with van der Waals surface area (Å²) >= 11 is 0. The molecule has 0 aromatic heterocycles. The third-order valence-electron chi connectivity index (χ3n) is 4.40. The van der Waals surface area contributed by atoms with E-state index in [1.165, 1.54) is 6.92 Å². The maximum absolute atomic E-state index is 12.5. The molecule has 1 nitrogen and oxygen atoms in total. The quantitative estimate of drug-likeness (QED) is 0.417. The van der Waals surface area contributed by atoms with E-state index in [0.717, 1.165) is 27.8 Å². The van der Waals surface area contributed by atoms with Gasteiger partial charge in [0.1, 0.15) is 0 Å². The number of carbonyl (C=O) groups excluding carboxylic acids is 1. The highest BCUT2D eigenvalue weighted by atomic mass is 19.4. The molecular weight excluding hydrogens is 337 g/mol. The number of ketones is 1. The lowest BCUT2D eigenvalue weighted by molar-refractivity contribution is -0.135. The Kier molecular flexibility index (Phi) is 6.41. The number of carbonyl (C=O) groups is 1. The molecule has 0 saturated carbocycles. The average Bonchev–Trinajstić information content (AvgIpc) is 2.55. The van der Waals surface area contributed by atoms with E-state index in [1.807, 2.05) is 50.3 Å². The van der Waals surface area contributed by atoms with Crippen LogP contribution < -0.4 is 0 Å². The van der Waals surface area contributed by atoms with Crippen molar-refractivity contribution in [1.29, 1.82) is 0 Å². The number of benzene rings is 2. The predicted molar refractivity (Wildman–Crippen MR) is 100 cm³/mol. The third kappa shape index (κ3) is 5.58. The SMILES string of the molecule is CC(=O)c1ccc(/C(C)=C/c2ccccc2C)c(CCCC(F)(F)F)c1. The normalized spacial score (nSPS) is 12.3. The average molecular weight is 360 g/mol. The van der Waals surface area contributed by atoms with Crippen molar-refractivity contribution in [3.05, 3.63) is 70.3 Å². The molecule has 2 rings (SSSR count). The lowest BCUT2D eigenvalue weighted by Crippen LogP contribution is -2.08. The van der Waals surface area contributed by atoms with Gasteiger partial charge in [-0.3, -0.25) is 4.79 Å². The second kappa shape index (κ2) is 8.35. The Bertz CT molecular complexity index is 816. The minimum atomic E-state index is -4.16. The molecule has 0 saturated heterocycles. The minimum Gasteiger partial charge on any atom is -0.295 e. The van der Waals surface area contributed by atoms with Gasteiger partial charge >= 0.3 is 6.18 Å². The van der Waals surface area contributed by atoms with Crippen LogP contribution in [0.3, 0.4) is 0 Å². The molecule has 0 bridgehead atoms. The van der Waals surface area contributed by atoms with Gasteiger partial charge in [0.2, 0.25) is 0 Å². The number of halogens is 3. The molecule has 26 heavy (non-hydrogen) atoms. The van der Waals surface area contributed by atoms with Crippen LogP contribution in [0.25, 0.3) is 11.6 Å². The van der Waals surface area contributed by atoms with Crippen LogP contribution in [0.1, 0.15) is 59.3 Å². The first-order valence-corrected chi connectivity index (χ1v) is 8.62. The van der Waals surface area contributed by atoms with Crippen LogP contribution in [-0.2, 0) is 6.42 Å². The third-order valence-corrected chi connectivity index (χ3v) is 4.40. The standard InChI is InChI=1S/C22H23F3O/c1-15-7-4-5-8-18(15)13-16(2)21-11-10-19(17(3)26)14-20(21)9-6-12-22(23,24)25/h4-5,7-8,10-11,13-14H,6,9,12H2,1-3H3/b16-13+. The second-order valence-corrected chi connectivity index (χ2v) is 6.58. The van der Waals surface area contributed by atoms with Gasteiger partial charge in [-0.15, -0.1) is 0 Å². The molecule has 0 radical (unpaired) electrons. The molecule has 0 heterocycles. The van der Waals surface area contributed by atoms with E-state index >= 15 is 0 Å². The first kappa shape index (κ1) is 20.0. The highest BCUT2D eigenvalue weighted by Crippen LogP contribution is 2.28. The lowest BCUT2D eigenvalue weighted by atomic mass is 9.92. The van der Waals surface area contributed by atoms with Crippen molar-refractivity contribution in [3.63, 3.8) is 0 Å². The molecule has 0 aliphatic rings. The highest BCUT2D eigenvalue weighted by Gasteiger charge is 2.26. The Labute approximate surface area is 152 Å². The van der Waals surface area contributed by atoms with Crippen LogP contribution in [-0.4, -0.2) is 12.0 Å². The van der Waals surface area contributed by atoms with Gasteiger partial charge in [0.15, 0.2) is 5.78 Å². The fourth-order valence-electron chi connectivity index (χ4n) is 2.94. The summed E-state index contributed by atoms with van der Waals surface area (Å²) in [6.07, 6.45) is -2.66. The molecule has 0 atom stereocenters. The summed E-state index contributed by atoms with van der Waals surface area (Å²) < 4.78 is 37.5. The predicted octanol–water partition coefficient (Wildman–Crippen LogP) is 6.64. The summed E-state index contributed by atoms with van der Waals surface area (Å²) in [4.78, 5) is 11.7. The summed E-state index contributed by atoms with van der Waals surface area (Å²) in [5, 5.41) is 0. The van der Waals surface area contributed by atoms with Crippen LogP contribution >= 0.6 is 0 Å². The summed E-state index contributed by atoms with van der Waals surface area (Å²) in [5.74, 6) is -0.0887. The Morgan fingerprint density at radius 3 is 2.38 bits per heavy atom. The van der Waals surface area contributed by atoms with Crippen molar-refractivity contribution in [2.24, 2.45) is 0 Å². The van der Waals surface area contributed by atoms with Crippen molar-refractivity contribution in [2.75, 3.05) is 0 Å². The first-order valence-electron chi connectivity index (χ1n) is 8.62. The van der Waals surface area contributed by atoms with Gasteiger partial charge in [0.25, 0.3) is 0 Å². The van der Waals surface area contributed by atoms with Crippen LogP contribution in [0, 0.1) is 6.92 Å². The monoisotopic (exact) mass is 360 g/mol. The van der Waals surface area contributed by atoms with Crippen LogP contribution in [0.5, 0.6) is 0 Å². The van der Waals surface area contributed by atoms with Crippen LogP contribution in [0.2, 0.25) is 0 Å². The van der Waals surface area contributed by atoms with E-state index in [4.69, 9.17) is 0 Å². The maximum Gasteiger partial charge on any atom is 0.389 e. The number of alkyl halides is 3. The summed E-state index contributed by atoms with van der Waals surface area (Å²) in [6, 6.07) is 13.2. The summed E-state index contributed by atoms with van der Waals surface area (Å²) in [6.45, 7) is 5.43. The minimum absolute atomic E-state index is 0.00943. The van der Waals surface area contributed by atoms with Crippen molar-refractivity contribution in [3.8, 4) is 0 Å². The van der Waals surface area contributed by atoms with Gasteiger partial charge in [-0.1, -0.05) is 42.5 Å². The Hall–Kier alpha value is -2.36. The van der Waals surface area contributed by atoms with Crippen molar-refractivity contribution >= 4 is 17.4 Å². The smallest absolute Gasteiger partial charge is 0.295 e. The van der Waals surface area contributed by atoms with Gasteiger partial charge in [0, 0.05) is 12.0 Å². The molecule has 2 aromatic carbocycles. The number of rotatable bonds is 6. The van der Waals surface area contributed by atoms with E-state index in [2.05, 4.69) is 0 Å². The highest BCUT2D eigenvalue weighted by molar-refractivity contribution is 5.95. The molecule has 0 spiro atoms. The van der Waals surface area contributed by atoms with E-state index < -0.39 is 12.6 Å². The van der Waals surface area contributed by atoms with Crippen LogP contribution in [0.15, 0.2) is 42.5 Å². The Balaban J connectivity index is 2.36. The number of hydrogen-bond donors (Lipinski definition) is 0. The molecule has 4 heteroatoms. The molecule has 0 aliphatic heterocycles. The molecule has 0 unspecified atom stereocenters. The Morgan fingerprint density at radius 1 is 1.08 bits per heavy atom. The van der Waals surface area contributed by atoms with Gasteiger partial charge in [-0.25, -0.2) is 0 Å². The second-order valence-electron chi connectivity index (χ2n) is 6.58. The number of aryl methyl sites for hydroxylation is 2. The molecule has 138 valence electrons. The molecule has 0 amide bonds. The van der Waals surface area contributed by atoms with Crippen molar-refractivity contribution < 1.29 is 18.0 Å². The fraction of sp³-hybridized carbons (Fsp3) is 0.318. The van der Waals surface area contributed by atoms with E-state index in [0.29, 0.717) is 5.56 Å². The largest absolute Gasteiger partial charge is 0.389 e. The topological polar surface area (TPSA) is 17.1 Å². The van der Waals surface area contributed by atoms with Gasteiger partial charge in [-0.2, -0.15) is 13.2 Å². The molecule has 0 N–H and O–H groups in total. The zero-order valence-corrected chi connectivity index (χ0v) is 15.3. The Morgan fingerprint density at radius 2 is 1.77 bits per heavy atom. The van der Waals surface area contributed by atoms with Gasteiger partial charge in [-0.05, 0) is 67.5 Å². The lowest BCUT2D eigenvalue weighted by Gasteiger charge is -2.13. The van der Waals surface area contributed by atoms with Gasteiger partial charge in [0.05, 0.1) is 0 Å². The van der Waals surface area contributed by atoms with Crippen molar-refractivity contribution in [1.82, 2.24) is 0 Å². The van der Waals surface area contributed by atoms with E-state index in [9.17, 15) is 18.0 Å². The molecular formula is C22H23F3O. The number of Topliss-reactive ketones (excluding diaryl/α,β-unsaturated/α-hetero) is 1. The zero-order chi connectivity index (χ0) is 19.3. The van der Waals surface area contributed by atoms with E-state index in [-0.39, 0.29) is 18.6 Å². The first-order chi connectivity index (χ1) is 12.2. The number of allylic oxidation sites excluding steroid dienone is 1. The molecule has 2 aromatic rings. The fourth-order valence-corrected chi connectivity index (χ4v) is 2.94. The van der Waals surface area contributed by atoms with Gasteiger partial charge < -0.3 is 0 Å².